The molecule has 0 radical (unpaired) electrons. The van der Waals surface area contributed by atoms with E-state index < -0.39 is 18.0 Å². The third kappa shape index (κ3) is 2.22. The summed E-state index contributed by atoms with van der Waals surface area (Å²) in [4.78, 5) is 23.1. The average Bonchev–Trinajstić information content (AvgIpc) is 2.81. The van der Waals surface area contributed by atoms with Crippen LogP contribution >= 0.6 is 0 Å². The molecule has 22 heavy (non-hydrogen) atoms. The molecule has 2 aliphatic rings. The number of esters is 1. The van der Waals surface area contributed by atoms with Crippen LogP contribution in [0.4, 0.5) is 4.79 Å². The van der Waals surface area contributed by atoms with Gasteiger partial charge in [0.2, 0.25) is 0 Å². The lowest BCUT2D eigenvalue weighted by Gasteiger charge is -2.28. The molecule has 2 heterocycles. The molecule has 2 aliphatic heterocycles. The van der Waals surface area contributed by atoms with Gasteiger partial charge in [-0.3, -0.25) is 0 Å². The highest BCUT2D eigenvalue weighted by Gasteiger charge is 2.41. The molecule has 2 N–H and O–H groups in total. The van der Waals surface area contributed by atoms with Crippen LogP contribution in [0.15, 0.2) is 47.0 Å². The molecule has 6 nitrogen and oxygen atoms in total. The van der Waals surface area contributed by atoms with Crippen LogP contribution < -0.4 is 5.32 Å². The summed E-state index contributed by atoms with van der Waals surface area (Å²) < 4.78 is 10.1. The fraction of sp³-hybridized carbons (Fsp3) is 0.250. The maximum Gasteiger partial charge on any atom is 0.511 e. The minimum absolute atomic E-state index is 0.161. The fourth-order valence-electron chi connectivity index (χ4n) is 2.88. The van der Waals surface area contributed by atoms with Crippen molar-refractivity contribution in [1.29, 1.82) is 0 Å². The van der Waals surface area contributed by atoms with E-state index in [9.17, 15) is 9.59 Å². The lowest BCUT2D eigenvalue weighted by Crippen LogP contribution is -2.28. The number of cyclic esters (lactones) is 1. The number of allylic oxidation sites excluding steroid dienone is 2. The van der Waals surface area contributed by atoms with Gasteiger partial charge >= 0.3 is 12.1 Å². The molecule has 0 aromatic heterocycles. The molecule has 1 atom stereocenters. The van der Waals surface area contributed by atoms with Crippen LogP contribution in [-0.4, -0.2) is 23.8 Å². The molecule has 0 saturated heterocycles. The molecule has 114 valence electrons. The Labute approximate surface area is 127 Å². The lowest BCUT2D eigenvalue weighted by molar-refractivity contribution is -0.136. The summed E-state index contributed by atoms with van der Waals surface area (Å²) >= 11 is 0. The Morgan fingerprint density at radius 3 is 2.77 bits per heavy atom. The van der Waals surface area contributed by atoms with Crippen molar-refractivity contribution in [1.82, 2.24) is 5.32 Å². The molecule has 1 unspecified atom stereocenters. The number of rotatable bonds is 2. The standard InChI is InChI=1S/C16H15NO5/c1-8-5-3-4-6-10(8)12-13-11(7-21-15(13)18)17-9(2)14(12)22-16(19)20/h3-6,12,17H,7H2,1-2H3,(H,19,20). The van der Waals surface area contributed by atoms with Crippen LogP contribution in [0.25, 0.3) is 0 Å². The molecule has 0 amide bonds. The van der Waals surface area contributed by atoms with Crippen LogP contribution in [0.1, 0.15) is 24.0 Å². The first-order valence-corrected chi connectivity index (χ1v) is 6.83. The average molecular weight is 301 g/mol. The van der Waals surface area contributed by atoms with Crippen molar-refractivity contribution in [3.05, 3.63) is 58.1 Å². The summed E-state index contributed by atoms with van der Waals surface area (Å²) in [6.45, 7) is 3.79. The maximum absolute atomic E-state index is 12.1. The molecule has 0 bridgehead atoms. The summed E-state index contributed by atoms with van der Waals surface area (Å²) in [5.41, 5.74) is 3.41. The highest BCUT2D eigenvalue weighted by atomic mass is 16.7. The van der Waals surface area contributed by atoms with Gasteiger partial charge in [0, 0.05) is 0 Å². The predicted molar refractivity (Wildman–Crippen MR) is 76.9 cm³/mol. The highest BCUT2D eigenvalue weighted by Crippen LogP contribution is 2.42. The zero-order valence-corrected chi connectivity index (χ0v) is 12.2. The number of hydrogen-bond donors (Lipinski definition) is 2. The van der Waals surface area contributed by atoms with Gasteiger partial charge in [0.15, 0.2) is 0 Å². The third-order valence-corrected chi connectivity index (χ3v) is 3.85. The Morgan fingerprint density at radius 2 is 2.09 bits per heavy atom. The van der Waals surface area contributed by atoms with Crippen molar-refractivity contribution in [3.63, 3.8) is 0 Å². The Morgan fingerprint density at radius 1 is 1.36 bits per heavy atom. The minimum Gasteiger partial charge on any atom is -0.456 e. The van der Waals surface area contributed by atoms with Crippen LogP contribution in [0.3, 0.4) is 0 Å². The monoisotopic (exact) mass is 301 g/mol. The van der Waals surface area contributed by atoms with Crippen LogP contribution in [0.5, 0.6) is 0 Å². The minimum atomic E-state index is -1.41. The van der Waals surface area contributed by atoms with Crippen molar-refractivity contribution in [3.8, 4) is 0 Å². The zero-order chi connectivity index (χ0) is 15.9. The molecule has 1 aromatic rings. The first kappa shape index (κ1) is 14.2. The number of benzene rings is 1. The van der Waals surface area contributed by atoms with Crippen molar-refractivity contribution < 1.29 is 24.2 Å². The summed E-state index contributed by atoms with van der Waals surface area (Å²) in [6, 6.07) is 7.50. The van der Waals surface area contributed by atoms with Crippen molar-refractivity contribution in [2.24, 2.45) is 0 Å². The molecule has 3 rings (SSSR count). The topological polar surface area (TPSA) is 84.9 Å². The Hall–Kier alpha value is -2.76. The SMILES string of the molecule is CC1=C(OC(=O)O)C(c2ccccc2C)C2=C(COC2=O)N1. The lowest BCUT2D eigenvalue weighted by atomic mass is 9.83. The van der Waals surface area contributed by atoms with Gasteiger partial charge in [-0.05, 0) is 25.0 Å². The normalized spacial score (nSPS) is 20.5. The number of dihydropyridines is 1. The van der Waals surface area contributed by atoms with Crippen LogP contribution in [0.2, 0.25) is 0 Å². The predicted octanol–water partition coefficient (Wildman–Crippen LogP) is 2.42. The van der Waals surface area contributed by atoms with Gasteiger partial charge < -0.3 is 19.9 Å². The number of ether oxygens (including phenoxy) is 2. The Kier molecular flexibility index (Phi) is 3.36. The van der Waals surface area contributed by atoms with Gasteiger partial charge in [0.25, 0.3) is 0 Å². The van der Waals surface area contributed by atoms with Crippen molar-refractivity contribution >= 4 is 12.1 Å². The van der Waals surface area contributed by atoms with E-state index in [4.69, 9.17) is 14.6 Å². The van der Waals surface area contributed by atoms with Gasteiger partial charge in [0.05, 0.1) is 22.9 Å². The second-order valence-corrected chi connectivity index (χ2v) is 5.24. The largest absolute Gasteiger partial charge is 0.511 e. The first-order chi connectivity index (χ1) is 10.5. The molecular weight excluding hydrogens is 286 g/mol. The fourth-order valence-corrected chi connectivity index (χ4v) is 2.88. The smallest absolute Gasteiger partial charge is 0.456 e. The molecular formula is C16H15NO5. The van der Waals surface area contributed by atoms with Gasteiger partial charge in [0.1, 0.15) is 12.4 Å². The van der Waals surface area contributed by atoms with E-state index in [0.29, 0.717) is 17.0 Å². The molecule has 6 heteroatoms. The summed E-state index contributed by atoms with van der Waals surface area (Å²) in [7, 11) is 0. The van der Waals surface area contributed by atoms with E-state index in [-0.39, 0.29) is 12.4 Å². The van der Waals surface area contributed by atoms with Crippen molar-refractivity contribution in [2.75, 3.05) is 6.61 Å². The molecule has 0 fully saturated rings. The third-order valence-electron chi connectivity index (χ3n) is 3.85. The second-order valence-electron chi connectivity index (χ2n) is 5.24. The number of carbonyl (C=O) groups is 2. The van der Waals surface area contributed by atoms with Gasteiger partial charge in [-0.15, -0.1) is 0 Å². The second kappa shape index (κ2) is 5.22. The van der Waals surface area contributed by atoms with Gasteiger partial charge in [-0.2, -0.15) is 0 Å². The first-order valence-electron chi connectivity index (χ1n) is 6.83. The summed E-state index contributed by atoms with van der Waals surface area (Å²) in [6.07, 6.45) is -1.41. The highest BCUT2D eigenvalue weighted by molar-refractivity contribution is 5.95. The van der Waals surface area contributed by atoms with Gasteiger partial charge in [-0.1, -0.05) is 24.3 Å². The van der Waals surface area contributed by atoms with E-state index in [1.165, 1.54) is 0 Å². The summed E-state index contributed by atoms with van der Waals surface area (Å²) in [5, 5.41) is 12.0. The Balaban J connectivity index is 2.17. The van der Waals surface area contributed by atoms with E-state index in [2.05, 4.69) is 5.32 Å². The van der Waals surface area contributed by atoms with E-state index in [0.717, 1.165) is 11.1 Å². The number of hydrogen-bond acceptors (Lipinski definition) is 5. The number of carbonyl (C=O) groups excluding carboxylic acids is 1. The van der Waals surface area contributed by atoms with Crippen LogP contribution in [0, 0.1) is 6.92 Å². The maximum atomic E-state index is 12.1. The van der Waals surface area contributed by atoms with Gasteiger partial charge in [-0.25, -0.2) is 9.59 Å². The van der Waals surface area contributed by atoms with E-state index in [1.54, 1.807) is 6.92 Å². The molecule has 0 saturated carbocycles. The Bertz CT molecular complexity index is 732. The number of nitrogens with one attached hydrogen (secondary N) is 1. The summed E-state index contributed by atoms with van der Waals surface area (Å²) in [5.74, 6) is -0.822. The quantitative estimate of drug-likeness (QED) is 0.816. The van der Waals surface area contributed by atoms with E-state index in [1.807, 2.05) is 31.2 Å². The number of aryl methyl sites for hydroxylation is 1. The van der Waals surface area contributed by atoms with E-state index >= 15 is 0 Å². The zero-order valence-electron chi connectivity index (χ0n) is 12.2. The number of carboxylic acid groups (broad SMARTS) is 1. The van der Waals surface area contributed by atoms with Crippen LogP contribution in [-0.2, 0) is 14.3 Å². The van der Waals surface area contributed by atoms with Crippen molar-refractivity contribution in [2.45, 2.75) is 19.8 Å². The molecule has 0 spiro atoms. The molecule has 1 aromatic carbocycles. The molecule has 0 aliphatic carbocycles.